The predicted molar refractivity (Wildman–Crippen MR) is 111 cm³/mol. The molecule has 1 N–H and O–H groups in total. The van der Waals surface area contributed by atoms with Gasteiger partial charge in [0.15, 0.2) is 11.2 Å². The summed E-state index contributed by atoms with van der Waals surface area (Å²) in [6.07, 6.45) is 0.359. The Labute approximate surface area is 172 Å². The Hall–Kier alpha value is -3.03. The monoisotopic (exact) mass is 408 g/mol. The molecule has 1 aliphatic rings. The van der Waals surface area contributed by atoms with Crippen LogP contribution in [0.2, 0.25) is 0 Å². The number of cyclic esters (lactones) is 1. The quantitative estimate of drug-likeness (QED) is 0.629. The summed E-state index contributed by atoms with van der Waals surface area (Å²) in [6.45, 7) is 0.683. The van der Waals surface area contributed by atoms with Gasteiger partial charge in [-0.25, -0.2) is 9.78 Å². The number of methoxy groups -OCH3 is 1. The van der Waals surface area contributed by atoms with Gasteiger partial charge in [-0.2, -0.15) is 0 Å². The number of nitrogens with one attached hydrogen (secondary N) is 1. The lowest BCUT2D eigenvalue weighted by Gasteiger charge is -2.23. The van der Waals surface area contributed by atoms with Crippen molar-refractivity contribution in [1.29, 1.82) is 0 Å². The number of carbonyl (C=O) groups is 2. The molecule has 0 fully saturated rings. The van der Waals surface area contributed by atoms with Gasteiger partial charge in [0.2, 0.25) is 0 Å². The number of fused-ring (bicyclic) bond motifs is 1. The fourth-order valence-corrected chi connectivity index (χ4v) is 3.91. The number of benzene rings is 2. The summed E-state index contributed by atoms with van der Waals surface area (Å²) < 4.78 is 10.4. The van der Waals surface area contributed by atoms with E-state index in [0.29, 0.717) is 23.7 Å². The maximum Gasteiger partial charge on any atom is 0.339 e. The third-order valence-electron chi connectivity index (χ3n) is 4.76. The zero-order valence-electron chi connectivity index (χ0n) is 15.9. The zero-order valence-corrected chi connectivity index (χ0v) is 16.7. The van der Waals surface area contributed by atoms with Gasteiger partial charge in [-0.3, -0.25) is 10.1 Å². The van der Waals surface area contributed by atoms with Crippen molar-refractivity contribution in [1.82, 2.24) is 4.98 Å². The van der Waals surface area contributed by atoms with Crippen LogP contribution in [-0.4, -0.2) is 36.7 Å². The van der Waals surface area contributed by atoms with Gasteiger partial charge >= 0.3 is 5.97 Å². The molecule has 6 nitrogen and oxygen atoms in total. The van der Waals surface area contributed by atoms with E-state index in [1.807, 2.05) is 41.8 Å². The van der Waals surface area contributed by atoms with Gasteiger partial charge in [0.1, 0.15) is 0 Å². The smallest absolute Gasteiger partial charge is 0.339 e. The highest BCUT2D eigenvalue weighted by Gasteiger charge is 2.31. The van der Waals surface area contributed by atoms with E-state index in [1.54, 1.807) is 19.2 Å². The molecule has 2 heterocycles. The fourth-order valence-electron chi connectivity index (χ4n) is 3.19. The van der Waals surface area contributed by atoms with Crippen molar-refractivity contribution in [3.05, 3.63) is 70.6 Å². The average molecular weight is 408 g/mol. The molecule has 0 saturated heterocycles. The van der Waals surface area contributed by atoms with E-state index in [9.17, 15) is 9.59 Å². The van der Waals surface area contributed by atoms with Gasteiger partial charge in [0, 0.05) is 24.5 Å². The van der Waals surface area contributed by atoms with E-state index < -0.39 is 12.1 Å². The summed E-state index contributed by atoms with van der Waals surface area (Å²) >= 11 is 1.34. The van der Waals surface area contributed by atoms with Gasteiger partial charge in [-0.15, -0.1) is 11.3 Å². The Kier molecular flexibility index (Phi) is 5.69. The van der Waals surface area contributed by atoms with E-state index in [4.69, 9.17) is 9.47 Å². The normalized spacial score (nSPS) is 15.5. The van der Waals surface area contributed by atoms with Gasteiger partial charge < -0.3 is 9.47 Å². The van der Waals surface area contributed by atoms with Gasteiger partial charge in [-0.1, -0.05) is 42.5 Å². The van der Waals surface area contributed by atoms with Gasteiger partial charge in [-0.05, 0) is 23.6 Å². The van der Waals surface area contributed by atoms with Crippen LogP contribution in [-0.2, 0) is 27.1 Å². The molecule has 3 aromatic rings. The van der Waals surface area contributed by atoms with Crippen LogP contribution < -0.4 is 5.32 Å². The first kappa shape index (κ1) is 19.3. The number of ether oxygens (including phenoxy) is 2. The highest BCUT2D eigenvalue weighted by molar-refractivity contribution is 7.14. The number of aromatic nitrogens is 1. The van der Waals surface area contributed by atoms with Crippen molar-refractivity contribution in [2.45, 2.75) is 18.9 Å². The van der Waals surface area contributed by atoms with Crippen molar-refractivity contribution in [3.8, 4) is 11.3 Å². The second-order valence-electron chi connectivity index (χ2n) is 6.72. The molecule has 4 rings (SSSR count). The number of hydrogen-bond acceptors (Lipinski definition) is 6. The highest BCUT2D eigenvalue weighted by Crippen LogP contribution is 2.26. The van der Waals surface area contributed by atoms with E-state index in [-0.39, 0.29) is 5.91 Å². The molecule has 0 bridgehead atoms. The maximum absolute atomic E-state index is 12.6. The molecule has 148 valence electrons. The average Bonchev–Trinajstić information content (AvgIpc) is 3.21. The number of amides is 1. The Bertz CT molecular complexity index is 1030. The van der Waals surface area contributed by atoms with E-state index >= 15 is 0 Å². The Balaban J connectivity index is 1.41. The van der Waals surface area contributed by atoms with Crippen LogP contribution in [0.1, 0.15) is 21.5 Å². The third-order valence-corrected chi connectivity index (χ3v) is 5.52. The number of rotatable bonds is 6. The fraction of sp³-hybridized carbons (Fsp3) is 0.227. The first-order chi connectivity index (χ1) is 14.1. The second-order valence-corrected chi connectivity index (χ2v) is 7.58. The number of hydrogen-bond donors (Lipinski definition) is 1. The van der Waals surface area contributed by atoms with Crippen LogP contribution in [0, 0.1) is 0 Å². The molecule has 1 aliphatic heterocycles. The van der Waals surface area contributed by atoms with E-state index in [2.05, 4.69) is 10.3 Å². The van der Waals surface area contributed by atoms with Gasteiger partial charge in [0.05, 0.1) is 17.9 Å². The molecule has 0 saturated carbocycles. The Morgan fingerprint density at radius 1 is 1.24 bits per heavy atom. The maximum atomic E-state index is 12.6. The number of thiazole rings is 1. The molecule has 2 aromatic carbocycles. The topological polar surface area (TPSA) is 77.5 Å². The summed E-state index contributed by atoms with van der Waals surface area (Å²) in [5.74, 6) is -0.843. The van der Waals surface area contributed by atoms with Crippen molar-refractivity contribution in [2.75, 3.05) is 19.0 Å². The Morgan fingerprint density at radius 3 is 2.83 bits per heavy atom. The Morgan fingerprint density at radius 2 is 2.03 bits per heavy atom. The first-order valence-electron chi connectivity index (χ1n) is 9.27. The third kappa shape index (κ3) is 4.36. The van der Waals surface area contributed by atoms with Crippen LogP contribution >= 0.6 is 11.3 Å². The molecule has 0 radical (unpaired) electrons. The summed E-state index contributed by atoms with van der Waals surface area (Å²) in [5.41, 5.74) is 4.29. The van der Waals surface area contributed by atoms with Crippen LogP contribution in [0.15, 0.2) is 53.9 Å². The second kappa shape index (κ2) is 8.55. The molecule has 1 unspecified atom stereocenters. The number of carbonyl (C=O) groups excluding carboxylic acids is 2. The number of nitrogens with zero attached hydrogens (tertiary/aromatic N) is 1. The van der Waals surface area contributed by atoms with Crippen molar-refractivity contribution >= 4 is 28.3 Å². The van der Waals surface area contributed by atoms with Crippen molar-refractivity contribution in [2.24, 2.45) is 0 Å². The summed E-state index contributed by atoms with van der Waals surface area (Å²) in [4.78, 5) is 29.2. The van der Waals surface area contributed by atoms with Crippen molar-refractivity contribution < 1.29 is 19.1 Å². The summed E-state index contributed by atoms with van der Waals surface area (Å²) in [6, 6.07) is 15.3. The molecule has 0 aliphatic carbocycles. The summed E-state index contributed by atoms with van der Waals surface area (Å²) in [5, 5.41) is 5.13. The molecule has 1 amide bonds. The standard InChI is InChI=1S/C22H20N2O4S/c1-27-11-10-14-6-8-15(9-7-14)18-13-29-22(23-18)24-20(25)19-12-16-4-2-3-5-17(16)21(26)28-19/h2-9,13,19H,10-12H2,1H3,(H,23,24,25). The molecule has 0 spiro atoms. The van der Waals surface area contributed by atoms with Crippen LogP contribution in [0.25, 0.3) is 11.3 Å². The van der Waals surface area contributed by atoms with Crippen LogP contribution in [0.4, 0.5) is 5.13 Å². The molecule has 29 heavy (non-hydrogen) atoms. The largest absolute Gasteiger partial charge is 0.448 e. The minimum Gasteiger partial charge on any atom is -0.448 e. The number of esters is 1. The van der Waals surface area contributed by atoms with Crippen LogP contribution in [0.5, 0.6) is 0 Å². The molecule has 1 aromatic heterocycles. The molecule has 1 atom stereocenters. The molecular formula is C22H20N2O4S. The lowest BCUT2D eigenvalue weighted by atomic mass is 9.98. The molecular weight excluding hydrogens is 388 g/mol. The first-order valence-corrected chi connectivity index (χ1v) is 10.2. The van der Waals surface area contributed by atoms with Crippen molar-refractivity contribution in [3.63, 3.8) is 0 Å². The predicted octanol–water partition coefficient (Wildman–Crippen LogP) is 3.72. The lowest BCUT2D eigenvalue weighted by molar-refractivity contribution is -0.125. The van der Waals surface area contributed by atoms with Gasteiger partial charge in [0.25, 0.3) is 5.91 Å². The zero-order chi connectivity index (χ0) is 20.2. The summed E-state index contributed by atoms with van der Waals surface area (Å²) in [7, 11) is 1.69. The van der Waals surface area contributed by atoms with Crippen LogP contribution in [0.3, 0.4) is 0 Å². The minimum absolute atomic E-state index is 0.356. The number of anilines is 1. The SMILES string of the molecule is COCCc1ccc(-c2csc(NC(=O)C3Cc4ccccc4C(=O)O3)n2)cc1. The minimum atomic E-state index is -0.857. The highest BCUT2D eigenvalue weighted by atomic mass is 32.1. The van der Waals surface area contributed by atoms with E-state index in [0.717, 1.165) is 23.2 Å². The van der Waals surface area contributed by atoms with E-state index in [1.165, 1.54) is 16.9 Å². The molecule has 7 heteroatoms. The lowest BCUT2D eigenvalue weighted by Crippen LogP contribution is -2.37.